The molecule has 0 fully saturated rings. The standard InChI is InChI=1S/C18H17ClN4O/c1-11-18(12(2)24-23-11)14-7-16(17(8-20)22-10-14)21-9-13-3-5-15(19)6-4-13/h3-8,10,20-21H,9H2,1-2H3. The van der Waals surface area contributed by atoms with Crippen LogP contribution >= 0.6 is 11.6 Å². The molecule has 0 unspecified atom stereocenters. The first-order valence-electron chi connectivity index (χ1n) is 7.50. The minimum Gasteiger partial charge on any atom is -0.379 e. The molecule has 0 bridgehead atoms. The van der Waals surface area contributed by atoms with Gasteiger partial charge in [0.2, 0.25) is 0 Å². The van der Waals surface area contributed by atoms with E-state index in [9.17, 15) is 0 Å². The zero-order chi connectivity index (χ0) is 17.1. The van der Waals surface area contributed by atoms with Crippen molar-refractivity contribution in [2.75, 3.05) is 5.32 Å². The van der Waals surface area contributed by atoms with Gasteiger partial charge in [0.1, 0.15) is 11.5 Å². The summed E-state index contributed by atoms with van der Waals surface area (Å²) in [7, 11) is 0. The predicted molar refractivity (Wildman–Crippen MR) is 95.9 cm³/mol. The number of nitrogens with zero attached hydrogens (tertiary/aromatic N) is 2. The fourth-order valence-electron chi connectivity index (χ4n) is 2.56. The number of aromatic nitrogens is 2. The zero-order valence-electron chi connectivity index (χ0n) is 13.4. The van der Waals surface area contributed by atoms with Gasteiger partial charge in [-0.25, -0.2) is 0 Å². The van der Waals surface area contributed by atoms with Gasteiger partial charge in [-0.3, -0.25) is 4.98 Å². The van der Waals surface area contributed by atoms with Crippen LogP contribution < -0.4 is 5.32 Å². The number of anilines is 1. The number of rotatable bonds is 5. The maximum Gasteiger partial charge on any atom is 0.141 e. The van der Waals surface area contributed by atoms with Crippen molar-refractivity contribution in [1.29, 1.82) is 5.41 Å². The van der Waals surface area contributed by atoms with Crippen LogP contribution in [0.25, 0.3) is 11.1 Å². The van der Waals surface area contributed by atoms with Crippen molar-refractivity contribution in [2.24, 2.45) is 0 Å². The van der Waals surface area contributed by atoms with Crippen molar-refractivity contribution >= 4 is 23.5 Å². The molecule has 24 heavy (non-hydrogen) atoms. The fraction of sp³-hybridized carbons (Fsp3) is 0.167. The molecule has 2 heterocycles. The van der Waals surface area contributed by atoms with Crippen LogP contribution in [0.4, 0.5) is 5.69 Å². The second kappa shape index (κ2) is 6.84. The number of hydrogen-bond donors (Lipinski definition) is 2. The highest BCUT2D eigenvalue weighted by Gasteiger charge is 2.13. The second-order valence-corrected chi connectivity index (χ2v) is 5.92. The molecular weight excluding hydrogens is 324 g/mol. The van der Waals surface area contributed by atoms with E-state index in [0.29, 0.717) is 17.3 Å². The summed E-state index contributed by atoms with van der Waals surface area (Å²) >= 11 is 5.91. The third kappa shape index (κ3) is 3.31. The van der Waals surface area contributed by atoms with E-state index in [0.717, 1.165) is 33.8 Å². The average molecular weight is 341 g/mol. The number of aryl methyl sites for hydroxylation is 2. The van der Waals surface area contributed by atoms with E-state index in [1.807, 2.05) is 44.2 Å². The molecule has 0 saturated heterocycles. The lowest BCUT2D eigenvalue weighted by atomic mass is 10.1. The lowest BCUT2D eigenvalue weighted by Crippen LogP contribution is -2.04. The number of nitrogens with one attached hydrogen (secondary N) is 2. The predicted octanol–water partition coefficient (Wildman–Crippen LogP) is 4.62. The van der Waals surface area contributed by atoms with Gasteiger partial charge >= 0.3 is 0 Å². The van der Waals surface area contributed by atoms with Gasteiger partial charge in [-0.2, -0.15) is 0 Å². The fourth-order valence-corrected chi connectivity index (χ4v) is 2.69. The molecule has 0 radical (unpaired) electrons. The summed E-state index contributed by atoms with van der Waals surface area (Å²) in [6, 6.07) is 9.61. The van der Waals surface area contributed by atoms with Gasteiger partial charge in [-0.15, -0.1) is 0 Å². The molecule has 2 aromatic heterocycles. The Morgan fingerprint density at radius 2 is 2.00 bits per heavy atom. The van der Waals surface area contributed by atoms with E-state index in [1.54, 1.807) is 6.20 Å². The molecule has 1 aromatic carbocycles. The maximum absolute atomic E-state index is 7.55. The quantitative estimate of drug-likeness (QED) is 0.665. The Hall–Kier alpha value is -2.66. The van der Waals surface area contributed by atoms with Crippen molar-refractivity contribution in [3.05, 3.63) is 64.3 Å². The van der Waals surface area contributed by atoms with E-state index >= 15 is 0 Å². The Balaban J connectivity index is 1.90. The summed E-state index contributed by atoms with van der Waals surface area (Å²) in [4.78, 5) is 4.37. The van der Waals surface area contributed by atoms with Crippen LogP contribution in [0.3, 0.4) is 0 Å². The average Bonchev–Trinajstić information content (AvgIpc) is 2.93. The van der Waals surface area contributed by atoms with Crippen LogP contribution in [0, 0.1) is 19.3 Å². The Labute approximate surface area is 145 Å². The SMILES string of the molecule is Cc1noc(C)c1-c1cnc(C=N)c(NCc2ccc(Cl)cc2)c1. The Bertz CT molecular complexity index is 852. The van der Waals surface area contributed by atoms with Gasteiger partial charge in [-0.05, 0) is 37.6 Å². The number of halogens is 1. The largest absolute Gasteiger partial charge is 0.379 e. The molecule has 0 spiro atoms. The molecule has 0 aliphatic heterocycles. The first-order valence-corrected chi connectivity index (χ1v) is 7.88. The third-order valence-corrected chi connectivity index (χ3v) is 4.03. The molecule has 3 aromatic rings. The maximum atomic E-state index is 7.55. The first kappa shape index (κ1) is 16.2. The van der Waals surface area contributed by atoms with E-state index < -0.39 is 0 Å². The van der Waals surface area contributed by atoms with Gasteiger partial charge in [-0.1, -0.05) is 28.9 Å². The van der Waals surface area contributed by atoms with Crippen LogP contribution in [0.5, 0.6) is 0 Å². The molecule has 2 N–H and O–H groups in total. The molecule has 0 amide bonds. The van der Waals surface area contributed by atoms with E-state index in [1.165, 1.54) is 6.21 Å². The van der Waals surface area contributed by atoms with Crippen LogP contribution in [0.2, 0.25) is 5.02 Å². The zero-order valence-corrected chi connectivity index (χ0v) is 14.2. The summed E-state index contributed by atoms with van der Waals surface area (Å²) < 4.78 is 5.23. The van der Waals surface area contributed by atoms with Crippen molar-refractivity contribution in [2.45, 2.75) is 20.4 Å². The highest BCUT2D eigenvalue weighted by atomic mass is 35.5. The Morgan fingerprint density at radius 1 is 1.25 bits per heavy atom. The van der Waals surface area contributed by atoms with E-state index in [2.05, 4.69) is 15.5 Å². The van der Waals surface area contributed by atoms with Crippen LogP contribution in [-0.4, -0.2) is 16.4 Å². The number of hydrogen-bond acceptors (Lipinski definition) is 5. The van der Waals surface area contributed by atoms with Gasteiger partial charge in [0, 0.05) is 35.1 Å². The van der Waals surface area contributed by atoms with Crippen molar-refractivity contribution in [3.63, 3.8) is 0 Å². The molecule has 0 saturated carbocycles. The van der Waals surface area contributed by atoms with Crippen molar-refractivity contribution in [3.8, 4) is 11.1 Å². The minimum absolute atomic E-state index is 0.583. The third-order valence-electron chi connectivity index (χ3n) is 3.77. The molecule has 0 aliphatic carbocycles. The lowest BCUT2D eigenvalue weighted by Gasteiger charge is -2.11. The summed E-state index contributed by atoms with van der Waals surface area (Å²) in [5.74, 6) is 0.751. The summed E-state index contributed by atoms with van der Waals surface area (Å²) in [5, 5.41) is 15.6. The first-order chi connectivity index (χ1) is 11.6. The van der Waals surface area contributed by atoms with Crippen LogP contribution in [0.15, 0.2) is 41.1 Å². The highest BCUT2D eigenvalue weighted by molar-refractivity contribution is 6.30. The summed E-state index contributed by atoms with van der Waals surface area (Å²) in [5.41, 5.74) is 5.14. The molecular formula is C18H17ClN4O. The molecule has 6 heteroatoms. The highest BCUT2D eigenvalue weighted by Crippen LogP contribution is 2.29. The van der Waals surface area contributed by atoms with Gasteiger partial charge in [0.25, 0.3) is 0 Å². The minimum atomic E-state index is 0.583. The molecule has 0 atom stereocenters. The summed E-state index contributed by atoms with van der Waals surface area (Å²) in [6.45, 7) is 4.39. The normalized spacial score (nSPS) is 10.6. The van der Waals surface area contributed by atoms with Gasteiger partial charge in [0.05, 0.1) is 11.4 Å². The molecule has 3 rings (SSSR count). The van der Waals surface area contributed by atoms with Crippen molar-refractivity contribution < 1.29 is 4.52 Å². The Morgan fingerprint density at radius 3 is 2.62 bits per heavy atom. The van der Waals surface area contributed by atoms with Crippen LogP contribution in [-0.2, 0) is 6.54 Å². The van der Waals surface area contributed by atoms with E-state index in [4.69, 9.17) is 21.5 Å². The smallest absolute Gasteiger partial charge is 0.141 e. The topological polar surface area (TPSA) is 74.8 Å². The molecule has 122 valence electrons. The second-order valence-electron chi connectivity index (χ2n) is 5.48. The van der Waals surface area contributed by atoms with Gasteiger partial charge in [0.15, 0.2) is 0 Å². The monoisotopic (exact) mass is 340 g/mol. The molecule has 5 nitrogen and oxygen atoms in total. The molecule has 0 aliphatic rings. The van der Waals surface area contributed by atoms with Gasteiger partial charge < -0.3 is 15.2 Å². The summed E-state index contributed by atoms with van der Waals surface area (Å²) in [6.07, 6.45) is 2.97. The number of benzene rings is 1. The lowest BCUT2D eigenvalue weighted by molar-refractivity contribution is 0.393. The Kier molecular flexibility index (Phi) is 4.62. The van der Waals surface area contributed by atoms with E-state index in [-0.39, 0.29) is 0 Å². The van der Waals surface area contributed by atoms with Crippen molar-refractivity contribution in [1.82, 2.24) is 10.1 Å². The number of pyridine rings is 1. The van der Waals surface area contributed by atoms with Crippen LogP contribution in [0.1, 0.15) is 22.7 Å².